The zero-order chi connectivity index (χ0) is 24.6. The summed E-state index contributed by atoms with van der Waals surface area (Å²) in [6.45, 7) is 1.72. The van der Waals surface area contributed by atoms with Crippen molar-refractivity contribution in [3.63, 3.8) is 0 Å². The van der Waals surface area contributed by atoms with Crippen LogP contribution in [0.15, 0.2) is 91.4 Å². The van der Waals surface area contributed by atoms with Gasteiger partial charge in [0.25, 0.3) is 5.91 Å². The number of rotatable bonds is 4. The van der Waals surface area contributed by atoms with E-state index < -0.39 is 0 Å². The number of amides is 1. The third kappa shape index (κ3) is 3.74. The molecule has 0 fully saturated rings. The number of aromatic nitrogens is 5. The van der Waals surface area contributed by atoms with E-state index in [0.29, 0.717) is 34.0 Å². The maximum absolute atomic E-state index is 14.0. The zero-order valence-electron chi connectivity index (χ0n) is 19.2. The third-order valence-corrected chi connectivity index (χ3v) is 5.99. The van der Waals surface area contributed by atoms with Crippen molar-refractivity contribution in [2.24, 2.45) is 0 Å². The van der Waals surface area contributed by atoms with Crippen LogP contribution in [0.1, 0.15) is 15.9 Å². The first-order valence-electron chi connectivity index (χ1n) is 11.3. The number of nitrogens with one attached hydrogen (secondary N) is 1. The van der Waals surface area contributed by atoms with Crippen molar-refractivity contribution in [3.05, 3.63) is 108 Å². The molecule has 174 valence electrons. The van der Waals surface area contributed by atoms with E-state index in [4.69, 9.17) is 4.98 Å². The van der Waals surface area contributed by atoms with Crippen LogP contribution in [0.3, 0.4) is 0 Å². The van der Waals surface area contributed by atoms with Crippen LogP contribution < -0.4 is 5.32 Å². The quantitative estimate of drug-likeness (QED) is 0.354. The fourth-order valence-electron chi connectivity index (χ4n) is 4.26. The van der Waals surface area contributed by atoms with Crippen molar-refractivity contribution in [3.8, 4) is 22.5 Å². The second-order valence-corrected chi connectivity index (χ2v) is 8.33. The molecule has 1 N–H and O–H groups in total. The Morgan fingerprint density at radius 3 is 2.64 bits per heavy atom. The predicted octanol–water partition coefficient (Wildman–Crippen LogP) is 5.71. The molecule has 2 aromatic carbocycles. The number of carbonyl (C=O) groups is 1. The minimum atomic E-state index is -0.288. The van der Waals surface area contributed by atoms with E-state index in [2.05, 4.69) is 20.4 Å². The Morgan fingerprint density at radius 2 is 1.75 bits per heavy atom. The molecule has 0 aliphatic heterocycles. The number of para-hydroxylation sites is 1. The molecule has 6 aromatic rings. The number of nitrogens with zero attached hydrogens (tertiary/aromatic N) is 5. The van der Waals surface area contributed by atoms with Crippen LogP contribution in [-0.4, -0.2) is 30.5 Å². The fourth-order valence-corrected chi connectivity index (χ4v) is 4.26. The molecule has 6 rings (SSSR count). The molecular formula is C28H19FN6O. The molecule has 4 heterocycles. The summed E-state index contributed by atoms with van der Waals surface area (Å²) in [5.74, 6) is -0.186. The topological polar surface area (TPSA) is 85.1 Å². The molecule has 0 unspecified atom stereocenters. The summed E-state index contributed by atoms with van der Waals surface area (Å²) in [6, 6.07) is 21.3. The van der Waals surface area contributed by atoms with Gasteiger partial charge in [-0.3, -0.25) is 9.78 Å². The summed E-state index contributed by atoms with van der Waals surface area (Å²) in [6.07, 6.45) is 4.91. The van der Waals surface area contributed by atoms with Gasteiger partial charge in [0.1, 0.15) is 17.3 Å². The number of carbonyl (C=O) groups excluding carboxylic acids is 1. The summed E-state index contributed by atoms with van der Waals surface area (Å²) >= 11 is 0. The lowest BCUT2D eigenvalue weighted by atomic mass is 10.0. The van der Waals surface area contributed by atoms with E-state index in [1.807, 2.05) is 42.5 Å². The maximum atomic E-state index is 14.0. The first-order chi connectivity index (χ1) is 17.6. The Bertz CT molecular complexity index is 1770. The van der Waals surface area contributed by atoms with Crippen LogP contribution in [0.2, 0.25) is 0 Å². The van der Waals surface area contributed by atoms with Gasteiger partial charge >= 0.3 is 0 Å². The normalized spacial score (nSPS) is 11.2. The van der Waals surface area contributed by atoms with Crippen molar-refractivity contribution in [1.82, 2.24) is 24.6 Å². The SMILES string of the molecule is Cc1cc(-c2nc3cccnn3c2-c2ccnc(NC(=O)c3ccnc4ccccc34)c2)ccc1F. The van der Waals surface area contributed by atoms with Crippen LogP contribution in [0, 0.1) is 12.7 Å². The van der Waals surface area contributed by atoms with E-state index >= 15 is 0 Å². The van der Waals surface area contributed by atoms with Crippen LogP contribution in [0.5, 0.6) is 0 Å². The van der Waals surface area contributed by atoms with Gasteiger partial charge in [-0.15, -0.1) is 0 Å². The number of anilines is 1. The molecule has 8 heteroatoms. The largest absolute Gasteiger partial charge is 0.307 e. The highest BCUT2D eigenvalue weighted by Crippen LogP contribution is 2.33. The van der Waals surface area contributed by atoms with Gasteiger partial charge in [-0.1, -0.05) is 18.2 Å². The summed E-state index contributed by atoms with van der Waals surface area (Å²) in [5.41, 5.74) is 5.30. The van der Waals surface area contributed by atoms with Crippen molar-refractivity contribution in [1.29, 1.82) is 0 Å². The minimum Gasteiger partial charge on any atom is -0.307 e. The number of fused-ring (bicyclic) bond motifs is 2. The molecule has 0 aliphatic rings. The highest BCUT2D eigenvalue weighted by molar-refractivity contribution is 6.12. The predicted molar refractivity (Wildman–Crippen MR) is 136 cm³/mol. The monoisotopic (exact) mass is 474 g/mol. The lowest BCUT2D eigenvalue weighted by Gasteiger charge is -2.10. The summed E-state index contributed by atoms with van der Waals surface area (Å²) in [4.78, 5) is 26.6. The molecule has 7 nitrogen and oxygen atoms in total. The Balaban J connectivity index is 1.43. The molecular weight excluding hydrogens is 455 g/mol. The molecule has 0 bridgehead atoms. The molecule has 4 aromatic heterocycles. The van der Waals surface area contributed by atoms with Crippen molar-refractivity contribution in [2.45, 2.75) is 6.92 Å². The molecule has 36 heavy (non-hydrogen) atoms. The van der Waals surface area contributed by atoms with Gasteiger partial charge in [0.2, 0.25) is 0 Å². The average Bonchev–Trinajstić information content (AvgIpc) is 3.30. The van der Waals surface area contributed by atoms with Crippen molar-refractivity contribution >= 4 is 28.3 Å². The van der Waals surface area contributed by atoms with Crippen LogP contribution in [0.25, 0.3) is 39.1 Å². The maximum Gasteiger partial charge on any atom is 0.257 e. The summed E-state index contributed by atoms with van der Waals surface area (Å²) < 4.78 is 15.7. The molecule has 0 radical (unpaired) electrons. The number of benzene rings is 2. The van der Waals surface area contributed by atoms with E-state index in [1.165, 1.54) is 6.07 Å². The smallest absolute Gasteiger partial charge is 0.257 e. The average molecular weight is 474 g/mol. The van der Waals surface area contributed by atoms with Crippen molar-refractivity contribution < 1.29 is 9.18 Å². The highest BCUT2D eigenvalue weighted by Gasteiger charge is 2.19. The third-order valence-electron chi connectivity index (χ3n) is 5.99. The Hall–Kier alpha value is -4.98. The lowest BCUT2D eigenvalue weighted by Crippen LogP contribution is -2.13. The van der Waals surface area contributed by atoms with E-state index in [1.54, 1.807) is 54.3 Å². The van der Waals surface area contributed by atoms with Crippen LogP contribution in [0.4, 0.5) is 10.2 Å². The van der Waals surface area contributed by atoms with Gasteiger partial charge in [-0.2, -0.15) is 5.10 Å². The Morgan fingerprint density at radius 1 is 0.889 bits per heavy atom. The number of hydrogen-bond donors (Lipinski definition) is 1. The van der Waals surface area contributed by atoms with Gasteiger partial charge < -0.3 is 5.32 Å². The standard InChI is InChI=1S/C28H19FN6O/c1-17-15-18(8-9-22(17)29)26-27(35-25(34-26)7-4-12-32-35)19-10-13-31-24(16-19)33-28(36)21-11-14-30-23-6-3-2-5-20(21)23/h2-16H,1H3,(H,31,33,36). The number of pyridine rings is 2. The van der Waals surface area contributed by atoms with Gasteiger partial charge in [-0.25, -0.2) is 18.9 Å². The summed E-state index contributed by atoms with van der Waals surface area (Å²) in [7, 11) is 0. The fraction of sp³-hybridized carbons (Fsp3) is 0.0357. The first-order valence-corrected chi connectivity index (χ1v) is 11.3. The molecule has 0 saturated heterocycles. The van der Waals surface area contributed by atoms with E-state index in [0.717, 1.165) is 22.0 Å². The molecule has 1 amide bonds. The Labute approximate surface area is 205 Å². The lowest BCUT2D eigenvalue weighted by molar-refractivity contribution is 0.102. The molecule has 0 atom stereocenters. The van der Waals surface area contributed by atoms with Crippen LogP contribution >= 0.6 is 0 Å². The van der Waals surface area contributed by atoms with E-state index in [-0.39, 0.29) is 11.7 Å². The first kappa shape index (κ1) is 21.5. The van der Waals surface area contributed by atoms with E-state index in [9.17, 15) is 9.18 Å². The zero-order valence-corrected chi connectivity index (χ0v) is 19.2. The van der Waals surface area contributed by atoms with Gasteiger partial charge in [0, 0.05) is 35.1 Å². The number of aryl methyl sites for hydroxylation is 1. The van der Waals surface area contributed by atoms with Gasteiger partial charge in [-0.05, 0) is 67.1 Å². The molecule has 0 saturated carbocycles. The number of halogens is 1. The minimum absolute atomic E-state index is 0.278. The second-order valence-electron chi connectivity index (χ2n) is 8.33. The van der Waals surface area contributed by atoms with Gasteiger partial charge in [0.15, 0.2) is 5.65 Å². The number of hydrogen-bond acceptors (Lipinski definition) is 5. The second kappa shape index (κ2) is 8.66. The van der Waals surface area contributed by atoms with Gasteiger partial charge in [0.05, 0.1) is 16.8 Å². The van der Waals surface area contributed by atoms with Crippen LogP contribution in [-0.2, 0) is 0 Å². The highest BCUT2D eigenvalue weighted by atomic mass is 19.1. The Kier molecular flexibility index (Phi) is 5.19. The molecule has 0 spiro atoms. The van der Waals surface area contributed by atoms with Crippen molar-refractivity contribution in [2.75, 3.05) is 5.32 Å². The molecule has 0 aliphatic carbocycles. The summed E-state index contributed by atoms with van der Waals surface area (Å²) in [5, 5.41) is 8.14. The number of imidazole rings is 1.